The average molecular weight is 290 g/mol. The minimum atomic E-state index is -0.941. The number of aryl methyl sites for hydroxylation is 1. The summed E-state index contributed by atoms with van der Waals surface area (Å²) in [5.41, 5.74) is 2.06. The van der Waals surface area contributed by atoms with Crippen LogP contribution < -0.4 is 5.56 Å². The number of aliphatic carboxylic acids is 1. The fourth-order valence-electron chi connectivity index (χ4n) is 1.79. The molecular formula is C14H14N2O3S. The molecule has 1 heterocycles. The van der Waals surface area contributed by atoms with Crippen molar-refractivity contribution in [1.29, 1.82) is 0 Å². The van der Waals surface area contributed by atoms with E-state index in [9.17, 15) is 9.59 Å². The maximum atomic E-state index is 12.1. The van der Waals surface area contributed by atoms with E-state index in [1.807, 2.05) is 30.3 Å². The van der Waals surface area contributed by atoms with Gasteiger partial charge in [0.15, 0.2) is 5.16 Å². The van der Waals surface area contributed by atoms with Gasteiger partial charge in [-0.05, 0) is 12.5 Å². The molecular weight excluding hydrogens is 276 g/mol. The molecule has 0 bridgehead atoms. The monoisotopic (exact) mass is 290 g/mol. The van der Waals surface area contributed by atoms with Gasteiger partial charge in [0.2, 0.25) is 0 Å². The number of nitrogens with zero attached hydrogens (tertiary/aromatic N) is 1. The lowest BCUT2D eigenvalue weighted by Gasteiger charge is -2.06. The molecule has 1 aromatic carbocycles. The van der Waals surface area contributed by atoms with Crippen molar-refractivity contribution in [2.45, 2.75) is 18.5 Å². The average Bonchev–Trinajstić information content (AvgIpc) is 2.42. The number of carbonyl (C=O) groups is 1. The molecule has 104 valence electrons. The van der Waals surface area contributed by atoms with Crippen LogP contribution in [0.2, 0.25) is 0 Å². The Morgan fingerprint density at radius 2 is 2.05 bits per heavy atom. The van der Waals surface area contributed by atoms with Crippen LogP contribution in [-0.4, -0.2) is 26.8 Å². The fraction of sp³-hybridized carbons (Fsp3) is 0.214. The van der Waals surface area contributed by atoms with Gasteiger partial charge < -0.3 is 10.1 Å². The Labute approximate surface area is 120 Å². The maximum Gasteiger partial charge on any atom is 0.313 e. The van der Waals surface area contributed by atoms with E-state index in [2.05, 4.69) is 9.97 Å². The van der Waals surface area contributed by atoms with E-state index in [1.165, 1.54) is 0 Å². The molecule has 0 aliphatic rings. The molecule has 0 radical (unpaired) electrons. The highest BCUT2D eigenvalue weighted by Crippen LogP contribution is 2.14. The zero-order chi connectivity index (χ0) is 14.5. The standard InChI is InChI=1S/C14H14N2O3S/c1-9-11(7-10-5-3-2-4-6-10)13(19)16-14(15-9)20-8-12(17)18/h2-6H,7-8H2,1H3,(H,17,18)(H,15,16,19). The van der Waals surface area contributed by atoms with Crippen LogP contribution >= 0.6 is 11.8 Å². The number of benzene rings is 1. The van der Waals surface area contributed by atoms with Gasteiger partial charge in [-0.2, -0.15) is 0 Å². The van der Waals surface area contributed by atoms with E-state index in [1.54, 1.807) is 6.92 Å². The third kappa shape index (κ3) is 3.71. The van der Waals surface area contributed by atoms with Gasteiger partial charge in [-0.1, -0.05) is 42.1 Å². The summed E-state index contributed by atoms with van der Waals surface area (Å²) in [5, 5.41) is 8.96. The van der Waals surface area contributed by atoms with Crippen LogP contribution in [0.3, 0.4) is 0 Å². The third-order valence-corrected chi connectivity index (χ3v) is 3.61. The van der Waals surface area contributed by atoms with Crippen molar-refractivity contribution in [2.75, 3.05) is 5.75 Å². The van der Waals surface area contributed by atoms with E-state index in [0.29, 0.717) is 22.8 Å². The van der Waals surface area contributed by atoms with E-state index < -0.39 is 5.97 Å². The van der Waals surface area contributed by atoms with E-state index in [0.717, 1.165) is 17.3 Å². The highest BCUT2D eigenvalue weighted by Gasteiger charge is 2.10. The Hall–Kier alpha value is -2.08. The molecule has 2 aromatic rings. The number of H-pyrrole nitrogens is 1. The maximum absolute atomic E-state index is 12.1. The van der Waals surface area contributed by atoms with Crippen LogP contribution in [-0.2, 0) is 11.2 Å². The summed E-state index contributed by atoms with van der Waals surface area (Å²) < 4.78 is 0. The number of aromatic amines is 1. The largest absolute Gasteiger partial charge is 0.481 e. The first-order valence-corrected chi connectivity index (χ1v) is 7.03. The summed E-state index contributed by atoms with van der Waals surface area (Å²) in [6.45, 7) is 1.76. The van der Waals surface area contributed by atoms with Crippen LogP contribution in [0.25, 0.3) is 0 Å². The highest BCUT2D eigenvalue weighted by molar-refractivity contribution is 7.99. The molecule has 20 heavy (non-hydrogen) atoms. The number of rotatable bonds is 5. The van der Waals surface area contributed by atoms with Gasteiger partial charge in [0.25, 0.3) is 5.56 Å². The number of hydrogen-bond donors (Lipinski definition) is 2. The van der Waals surface area contributed by atoms with Gasteiger partial charge in [0.05, 0.1) is 5.75 Å². The van der Waals surface area contributed by atoms with Crippen molar-refractivity contribution in [3.8, 4) is 0 Å². The van der Waals surface area contributed by atoms with Crippen molar-refractivity contribution < 1.29 is 9.90 Å². The lowest BCUT2D eigenvalue weighted by Crippen LogP contribution is -2.18. The molecule has 6 heteroatoms. The van der Waals surface area contributed by atoms with Crippen LogP contribution in [0.4, 0.5) is 0 Å². The first kappa shape index (κ1) is 14.3. The van der Waals surface area contributed by atoms with Crippen molar-refractivity contribution in [2.24, 2.45) is 0 Å². The number of thioether (sulfide) groups is 1. The Balaban J connectivity index is 2.23. The molecule has 0 spiro atoms. The van der Waals surface area contributed by atoms with Crippen molar-refractivity contribution >= 4 is 17.7 Å². The zero-order valence-electron chi connectivity index (χ0n) is 10.9. The molecule has 5 nitrogen and oxygen atoms in total. The molecule has 1 aromatic heterocycles. The van der Waals surface area contributed by atoms with Crippen LogP contribution in [0.5, 0.6) is 0 Å². The van der Waals surface area contributed by atoms with Crippen molar-refractivity contribution in [3.05, 3.63) is 57.5 Å². The number of carboxylic acids is 1. The van der Waals surface area contributed by atoms with Crippen LogP contribution in [0, 0.1) is 6.92 Å². The topological polar surface area (TPSA) is 83.0 Å². The minimum absolute atomic E-state index is 0.125. The molecule has 2 N–H and O–H groups in total. The lowest BCUT2D eigenvalue weighted by molar-refractivity contribution is -0.133. The number of carboxylic acid groups (broad SMARTS) is 1. The smallest absolute Gasteiger partial charge is 0.313 e. The van der Waals surface area contributed by atoms with Crippen LogP contribution in [0.1, 0.15) is 16.8 Å². The fourth-order valence-corrected chi connectivity index (χ4v) is 2.42. The molecule has 0 saturated carbocycles. The molecule has 0 unspecified atom stereocenters. The molecule has 0 atom stereocenters. The van der Waals surface area contributed by atoms with E-state index in [-0.39, 0.29) is 11.3 Å². The predicted octanol–water partition coefficient (Wildman–Crippen LogP) is 1.85. The van der Waals surface area contributed by atoms with E-state index >= 15 is 0 Å². The van der Waals surface area contributed by atoms with Crippen molar-refractivity contribution in [1.82, 2.24) is 9.97 Å². The molecule has 0 fully saturated rings. The Morgan fingerprint density at radius 3 is 2.65 bits per heavy atom. The summed E-state index contributed by atoms with van der Waals surface area (Å²) in [6.07, 6.45) is 0.513. The summed E-state index contributed by atoms with van der Waals surface area (Å²) >= 11 is 1.01. The van der Waals surface area contributed by atoms with Gasteiger partial charge in [-0.15, -0.1) is 0 Å². The molecule has 0 saturated heterocycles. The minimum Gasteiger partial charge on any atom is -0.481 e. The van der Waals surface area contributed by atoms with Gasteiger partial charge in [0.1, 0.15) is 0 Å². The number of aromatic nitrogens is 2. The van der Waals surface area contributed by atoms with Gasteiger partial charge in [-0.25, -0.2) is 4.98 Å². The molecule has 0 amide bonds. The Kier molecular flexibility index (Phi) is 4.57. The van der Waals surface area contributed by atoms with Gasteiger partial charge >= 0.3 is 5.97 Å². The normalized spacial score (nSPS) is 10.4. The Morgan fingerprint density at radius 1 is 1.35 bits per heavy atom. The number of nitrogens with one attached hydrogen (secondary N) is 1. The third-order valence-electron chi connectivity index (χ3n) is 2.76. The summed E-state index contributed by atoms with van der Waals surface area (Å²) in [4.78, 5) is 29.4. The molecule has 2 rings (SSSR count). The van der Waals surface area contributed by atoms with E-state index in [4.69, 9.17) is 5.11 Å². The number of hydrogen-bond acceptors (Lipinski definition) is 4. The summed E-state index contributed by atoms with van der Waals surface area (Å²) in [6, 6.07) is 9.66. The second kappa shape index (κ2) is 6.38. The highest BCUT2D eigenvalue weighted by atomic mass is 32.2. The van der Waals surface area contributed by atoms with Gasteiger partial charge in [-0.3, -0.25) is 9.59 Å². The van der Waals surface area contributed by atoms with Crippen LogP contribution in [0.15, 0.2) is 40.3 Å². The summed E-state index contributed by atoms with van der Waals surface area (Å²) in [7, 11) is 0. The van der Waals surface area contributed by atoms with Gasteiger partial charge in [0, 0.05) is 17.7 Å². The molecule has 0 aliphatic carbocycles. The second-order valence-electron chi connectivity index (χ2n) is 4.28. The first-order chi connectivity index (χ1) is 9.56. The second-order valence-corrected chi connectivity index (χ2v) is 5.24. The van der Waals surface area contributed by atoms with Crippen molar-refractivity contribution in [3.63, 3.8) is 0 Å². The quantitative estimate of drug-likeness (QED) is 0.648. The zero-order valence-corrected chi connectivity index (χ0v) is 11.7. The Bertz CT molecular complexity index is 668. The first-order valence-electron chi connectivity index (χ1n) is 6.04. The summed E-state index contributed by atoms with van der Waals surface area (Å²) in [5.74, 6) is -1.07. The SMILES string of the molecule is Cc1nc(SCC(=O)O)[nH]c(=O)c1Cc1ccccc1. The molecule has 0 aliphatic heterocycles. The lowest BCUT2D eigenvalue weighted by atomic mass is 10.1. The predicted molar refractivity (Wildman–Crippen MR) is 77.2 cm³/mol.